The molecule has 1 aromatic heterocycles. The minimum atomic E-state index is -0.185. The Bertz CT molecular complexity index is 656. The van der Waals surface area contributed by atoms with Crippen LogP contribution in [0.2, 0.25) is 0 Å². The van der Waals surface area contributed by atoms with Crippen LogP contribution in [0.5, 0.6) is 5.75 Å². The highest BCUT2D eigenvalue weighted by Gasteiger charge is 2.10. The molecule has 2 rings (SSSR count). The van der Waals surface area contributed by atoms with Crippen molar-refractivity contribution in [1.29, 1.82) is 0 Å². The molecule has 0 fully saturated rings. The van der Waals surface area contributed by atoms with E-state index in [1.54, 1.807) is 25.3 Å². The lowest BCUT2D eigenvalue weighted by atomic mass is 10.1. The van der Waals surface area contributed by atoms with Crippen molar-refractivity contribution >= 4 is 27.5 Å². The first-order chi connectivity index (χ1) is 9.51. The van der Waals surface area contributed by atoms with Gasteiger partial charge >= 0.3 is 0 Å². The van der Waals surface area contributed by atoms with Crippen LogP contribution in [0.4, 0.5) is 5.69 Å². The average molecular weight is 335 g/mol. The Balaban J connectivity index is 2.24. The maximum absolute atomic E-state index is 12.2. The highest BCUT2D eigenvalue weighted by Crippen LogP contribution is 2.21. The fraction of sp³-hybridized carbons (Fsp3) is 0.200. The van der Waals surface area contributed by atoms with Crippen LogP contribution in [-0.2, 0) is 0 Å². The molecule has 20 heavy (non-hydrogen) atoms. The van der Waals surface area contributed by atoms with Crippen molar-refractivity contribution in [2.24, 2.45) is 0 Å². The normalized spacial score (nSPS) is 10.2. The molecule has 0 aliphatic carbocycles. The average Bonchev–Trinajstić information content (AvgIpc) is 2.42. The van der Waals surface area contributed by atoms with Gasteiger partial charge in [0, 0.05) is 5.56 Å². The predicted octanol–water partition coefficient (Wildman–Crippen LogP) is 3.72. The molecule has 1 amide bonds. The second-order valence-electron chi connectivity index (χ2n) is 4.41. The Hall–Kier alpha value is -1.88. The number of nitrogens with zero attached hydrogens (tertiary/aromatic N) is 1. The van der Waals surface area contributed by atoms with Gasteiger partial charge in [0.2, 0.25) is 0 Å². The Labute approximate surface area is 126 Å². The Morgan fingerprint density at radius 2 is 2.00 bits per heavy atom. The molecule has 1 aromatic carbocycles. The summed E-state index contributed by atoms with van der Waals surface area (Å²) in [5.74, 6) is 0.513. The number of halogens is 1. The highest BCUT2D eigenvalue weighted by atomic mass is 79.9. The van der Waals surface area contributed by atoms with Crippen molar-refractivity contribution in [2.75, 3.05) is 12.4 Å². The van der Waals surface area contributed by atoms with E-state index in [1.807, 2.05) is 26.0 Å². The zero-order valence-corrected chi connectivity index (χ0v) is 13.1. The molecule has 2 aromatic rings. The van der Waals surface area contributed by atoms with Crippen LogP contribution in [0, 0.1) is 13.8 Å². The number of pyridine rings is 1. The van der Waals surface area contributed by atoms with Crippen molar-refractivity contribution in [3.8, 4) is 5.75 Å². The summed E-state index contributed by atoms with van der Waals surface area (Å²) in [7, 11) is 1.59. The van der Waals surface area contributed by atoms with E-state index in [9.17, 15) is 4.79 Å². The summed E-state index contributed by atoms with van der Waals surface area (Å²) < 4.78 is 5.97. The SMILES string of the molecule is COc1cc(C(=O)Nc2ccc(Br)nc2C)ccc1C. The second kappa shape index (κ2) is 6.05. The number of rotatable bonds is 3. The van der Waals surface area contributed by atoms with E-state index in [0.717, 1.165) is 15.9 Å². The molecule has 0 atom stereocenters. The molecule has 0 aliphatic rings. The maximum Gasteiger partial charge on any atom is 0.255 e. The van der Waals surface area contributed by atoms with E-state index in [1.165, 1.54) is 0 Å². The van der Waals surface area contributed by atoms with Crippen LogP contribution in [0.15, 0.2) is 34.9 Å². The van der Waals surface area contributed by atoms with Gasteiger partial charge in [-0.25, -0.2) is 4.98 Å². The van der Waals surface area contributed by atoms with Gasteiger partial charge in [-0.1, -0.05) is 6.07 Å². The van der Waals surface area contributed by atoms with Gasteiger partial charge in [-0.05, 0) is 59.6 Å². The number of carbonyl (C=O) groups excluding carboxylic acids is 1. The number of aromatic nitrogens is 1. The number of hydrogen-bond acceptors (Lipinski definition) is 3. The number of methoxy groups -OCH3 is 1. The molecule has 0 bridgehead atoms. The van der Waals surface area contributed by atoms with Crippen LogP contribution in [-0.4, -0.2) is 18.0 Å². The van der Waals surface area contributed by atoms with Crippen molar-refractivity contribution < 1.29 is 9.53 Å². The van der Waals surface area contributed by atoms with Crippen molar-refractivity contribution in [3.63, 3.8) is 0 Å². The molecule has 1 N–H and O–H groups in total. The number of benzene rings is 1. The smallest absolute Gasteiger partial charge is 0.255 e. The number of carbonyl (C=O) groups is 1. The van der Waals surface area contributed by atoms with E-state index in [-0.39, 0.29) is 5.91 Å². The standard InChI is InChI=1S/C15H15BrN2O2/c1-9-4-5-11(8-13(9)20-3)15(19)18-12-6-7-14(16)17-10(12)2/h4-8H,1-3H3,(H,18,19). The lowest BCUT2D eigenvalue weighted by molar-refractivity contribution is 0.102. The number of amides is 1. The molecule has 1 heterocycles. The van der Waals surface area contributed by atoms with E-state index < -0.39 is 0 Å². The quantitative estimate of drug-likeness (QED) is 0.870. The van der Waals surface area contributed by atoms with E-state index in [4.69, 9.17) is 4.74 Å². The molecule has 5 heteroatoms. The van der Waals surface area contributed by atoms with Crippen molar-refractivity contribution in [3.05, 3.63) is 51.8 Å². The zero-order chi connectivity index (χ0) is 14.7. The number of aryl methyl sites for hydroxylation is 2. The molecule has 0 aliphatic heterocycles. The number of hydrogen-bond donors (Lipinski definition) is 1. The third-order valence-corrected chi connectivity index (χ3v) is 3.41. The summed E-state index contributed by atoms with van der Waals surface area (Å²) >= 11 is 3.29. The van der Waals surface area contributed by atoms with Gasteiger partial charge in [0.25, 0.3) is 5.91 Å². The van der Waals surface area contributed by atoms with Crippen LogP contribution in [0.3, 0.4) is 0 Å². The Morgan fingerprint density at radius 1 is 1.25 bits per heavy atom. The van der Waals surface area contributed by atoms with Gasteiger partial charge in [0.15, 0.2) is 0 Å². The fourth-order valence-corrected chi connectivity index (χ4v) is 2.22. The first-order valence-corrected chi connectivity index (χ1v) is 6.89. The van der Waals surface area contributed by atoms with Gasteiger partial charge in [-0.2, -0.15) is 0 Å². The summed E-state index contributed by atoms with van der Waals surface area (Å²) in [6.07, 6.45) is 0. The molecule has 0 saturated heterocycles. The molecule has 4 nitrogen and oxygen atoms in total. The Kier molecular flexibility index (Phi) is 4.39. The molecular formula is C15H15BrN2O2. The zero-order valence-electron chi connectivity index (χ0n) is 11.5. The van der Waals surface area contributed by atoms with Gasteiger partial charge in [0.1, 0.15) is 10.4 Å². The topological polar surface area (TPSA) is 51.2 Å². The third-order valence-electron chi connectivity index (χ3n) is 2.97. The predicted molar refractivity (Wildman–Crippen MR) is 82.4 cm³/mol. The first-order valence-electron chi connectivity index (χ1n) is 6.10. The van der Waals surface area contributed by atoms with E-state index in [0.29, 0.717) is 17.0 Å². The molecule has 0 unspecified atom stereocenters. The number of anilines is 1. The van der Waals surface area contributed by atoms with Crippen molar-refractivity contribution in [2.45, 2.75) is 13.8 Å². The highest BCUT2D eigenvalue weighted by molar-refractivity contribution is 9.10. The fourth-order valence-electron chi connectivity index (χ4n) is 1.82. The first kappa shape index (κ1) is 14.5. The lowest BCUT2D eigenvalue weighted by Crippen LogP contribution is -2.13. The van der Waals surface area contributed by atoms with Crippen LogP contribution < -0.4 is 10.1 Å². The van der Waals surface area contributed by atoms with E-state index in [2.05, 4.69) is 26.2 Å². The summed E-state index contributed by atoms with van der Waals surface area (Å²) in [5.41, 5.74) is 2.99. The van der Waals surface area contributed by atoms with Crippen LogP contribution in [0.1, 0.15) is 21.6 Å². The van der Waals surface area contributed by atoms with E-state index >= 15 is 0 Å². The minimum absolute atomic E-state index is 0.185. The lowest BCUT2D eigenvalue weighted by Gasteiger charge is -2.10. The second-order valence-corrected chi connectivity index (χ2v) is 5.22. The third kappa shape index (κ3) is 3.17. The summed E-state index contributed by atoms with van der Waals surface area (Å²) in [4.78, 5) is 16.5. The maximum atomic E-state index is 12.2. The van der Waals surface area contributed by atoms with Gasteiger partial charge in [0.05, 0.1) is 18.5 Å². The minimum Gasteiger partial charge on any atom is -0.496 e. The molecule has 104 valence electrons. The molecule has 0 radical (unpaired) electrons. The van der Waals surface area contributed by atoms with Crippen LogP contribution in [0.25, 0.3) is 0 Å². The molecular weight excluding hydrogens is 320 g/mol. The van der Waals surface area contributed by atoms with Crippen LogP contribution >= 0.6 is 15.9 Å². The molecule has 0 spiro atoms. The summed E-state index contributed by atoms with van der Waals surface area (Å²) in [6.45, 7) is 3.78. The number of nitrogens with one attached hydrogen (secondary N) is 1. The van der Waals surface area contributed by atoms with Gasteiger partial charge in [-0.15, -0.1) is 0 Å². The van der Waals surface area contributed by atoms with Gasteiger partial charge in [-0.3, -0.25) is 4.79 Å². The largest absolute Gasteiger partial charge is 0.496 e. The monoisotopic (exact) mass is 334 g/mol. The Morgan fingerprint density at radius 3 is 2.65 bits per heavy atom. The molecule has 0 saturated carbocycles. The summed E-state index contributed by atoms with van der Waals surface area (Å²) in [6, 6.07) is 8.97. The summed E-state index contributed by atoms with van der Waals surface area (Å²) in [5, 5.41) is 2.85. The number of ether oxygens (including phenoxy) is 1. The van der Waals surface area contributed by atoms with Gasteiger partial charge < -0.3 is 10.1 Å². The van der Waals surface area contributed by atoms with Crippen molar-refractivity contribution in [1.82, 2.24) is 4.98 Å².